The van der Waals surface area contributed by atoms with Crippen molar-refractivity contribution in [1.29, 1.82) is 0 Å². The normalized spacial score (nSPS) is 12.1. The van der Waals surface area contributed by atoms with Gasteiger partial charge < -0.3 is 15.4 Å². The van der Waals surface area contributed by atoms with E-state index in [0.717, 1.165) is 0 Å². The monoisotopic (exact) mass is 216 g/mol. The van der Waals surface area contributed by atoms with Crippen molar-refractivity contribution in [2.75, 3.05) is 13.7 Å². The van der Waals surface area contributed by atoms with Crippen LogP contribution < -0.4 is 10.6 Å². The van der Waals surface area contributed by atoms with E-state index in [0.29, 0.717) is 18.9 Å². The third-order valence-corrected chi connectivity index (χ3v) is 1.84. The molecule has 88 valence electrons. The maximum absolute atomic E-state index is 11.4. The van der Waals surface area contributed by atoms with Crippen molar-refractivity contribution in [3.05, 3.63) is 0 Å². The van der Waals surface area contributed by atoms with Gasteiger partial charge in [0.1, 0.15) is 6.04 Å². The quantitative estimate of drug-likeness (QED) is 0.717. The number of amides is 2. The zero-order valence-electron chi connectivity index (χ0n) is 9.79. The number of nitrogens with one attached hydrogen (secondary N) is 2. The van der Waals surface area contributed by atoms with E-state index in [2.05, 4.69) is 10.6 Å². The first kappa shape index (κ1) is 13.7. The largest absolute Gasteiger partial charge is 0.450 e. The highest BCUT2D eigenvalue weighted by molar-refractivity contribution is 5.85. The summed E-state index contributed by atoms with van der Waals surface area (Å²) in [4.78, 5) is 22.5. The van der Waals surface area contributed by atoms with Crippen LogP contribution in [0.2, 0.25) is 0 Å². The minimum atomic E-state index is -0.549. The first-order chi connectivity index (χ1) is 7.01. The van der Waals surface area contributed by atoms with E-state index in [1.54, 1.807) is 14.0 Å². The van der Waals surface area contributed by atoms with Crippen molar-refractivity contribution in [2.24, 2.45) is 5.92 Å². The summed E-state index contributed by atoms with van der Waals surface area (Å²) in [6.45, 7) is 6.00. The van der Waals surface area contributed by atoms with Gasteiger partial charge in [-0.25, -0.2) is 4.79 Å². The Morgan fingerprint density at radius 3 is 2.33 bits per heavy atom. The summed E-state index contributed by atoms with van der Waals surface area (Å²) in [5.41, 5.74) is 0. The van der Waals surface area contributed by atoms with Gasteiger partial charge in [0.15, 0.2) is 0 Å². The minimum Gasteiger partial charge on any atom is -0.450 e. The van der Waals surface area contributed by atoms with Crippen LogP contribution in [0.15, 0.2) is 0 Å². The zero-order valence-corrected chi connectivity index (χ0v) is 9.79. The Kier molecular flexibility index (Phi) is 6.49. The number of alkyl carbamates (subject to hydrolysis) is 1. The second-order valence-corrected chi connectivity index (χ2v) is 3.66. The van der Waals surface area contributed by atoms with Crippen LogP contribution in [-0.2, 0) is 9.53 Å². The lowest BCUT2D eigenvalue weighted by molar-refractivity contribution is -0.122. The molecule has 0 spiro atoms. The highest BCUT2D eigenvalue weighted by Crippen LogP contribution is 2.05. The fourth-order valence-corrected chi connectivity index (χ4v) is 1.19. The predicted molar refractivity (Wildman–Crippen MR) is 57.5 cm³/mol. The van der Waals surface area contributed by atoms with E-state index in [1.165, 1.54) is 0 Å². The fourth-order valence-electron chi connectivity index (χ4n) is 1.19. The Labute approximate surface area is 90.6 Å². The van der Waals surface area contributed by atoms with E-state index in [1.807, 2.05) is 13.8 Å². The molecule has 0 rings (SSSR count). The summed E-state index contributed by atoms with van der Waals surface area (Å²) in [5.74, 6) is 0.131. The Morgan fingerprint density at radius 2 is 1.93 bits per heavy atom. The lowest BCUT2D eigenvalue weighted by atomic mass is 10.0. The smallest absolute Gasteiger partial charge is 0.407 e. The lowest BCUT2D eigenvalue weighted by Gasteiger charge is -2.18. The molecule has 2 amide bonds. The number of hydrogen-bond acceptors (Lipinski definition) is 3. The Hall–Kier alpha value is -1.26. The Morgan fingerprint density at radius 1 is 1.33 bits per heavy atom. The van der Waals surface area contributed by atoms with Crippen LogP contribution >= 0.6 is 0 Å². The Balaban J connectivity index is 4.24. The summed E-state index contributed by atoms with van der Waals surface area (Å²) in [6.07, 6.45) is 0.0464. The number of likely N-dealkylation sites (N-methyl/N-ethyl adjacent to an activating group) is 1. The van der Waals surface area contributed by atoms with Gasteiger partial charge in [-0.2, -0.15) is 0 Å². The standard InChI is InChI=1S/C10H20N2O3/c1-5-15-10(14)12-8(6-7(2)3)9(13)11-4/h7-8H,5-6H2,1-4H3,(H,11,13)(H,12,14). The van der Waals surface area contributed by atoms with E-state index >= 15 is 0 Å². The zero-order chi connectivity index (χ0) is 11.8. The average Bonchev–Trinajstić information content (AvgIpc) is 2.15. The highest BCUT2D eigenvalue weighted by Gasteiger charge is 2.20. The van der Waals surface area contributed by atoms with Crippen LogP contribution in [0.4, 0.5) is 4.79 Å². The average molecular weight is 216 g/mol. The van der Waals surface area contributed by atoms with Gasteiger partial charge in [0, 0.05) is 7.05 Å². The molecule has 0 aromatic heterocycles. The second kappa shape index (κ2) is 7.09. The molecule has 0 saturated carbocycles. The van der Waals surface area contributed by atoms with Crippen LogP contribution in [0.5, 0.6) is 0 Å². The van der Waals surface area contributed by atoms with E-state index in [9.17, 15) is 9.59 Å². The van der Waals surface area contributed by atoms with Crippen molar-refractivity contribution >= 4 is 12.0 Å². The molecular formula is C10H20N2O3. The van der Waals surface area contributed by atoms with Gasteiger partial charge >= 0.3 is 6.09 Å². The van der Waals surface area contributed by atoms with E-state index in [-0.39, 0.29) is 5.91 Å². The van der Waals surface area contributed by atoms with Crippen molar-refractivity contribution in [2.45, 2.75) is 33.2 Å². The van der Waals surface area contributed by atoms with E-state index in [4.69, 9.17) is 4.74 Å². The number of carbonyl (C=O) groups excluding carboxylic acids is 2. The molecule has 2 N–H and O–H groups in total. The van der Waals surface area contributed by atoms with Gasteiger partial charge in [-0.1, -0.05) is 13.8 Å². The van der Waals surface area contributed by atoms with Crippen LogP contribution in [0.1, 0.15) is 27.2 Å². The van der Waals surface area contributed by atoms with Gasteiger partial charge in [-0.05, 0) is 19.3 Å². The van der Waals surface area contributed by atoms with E-state index < -0.39 is 12.1 Å². The van der Waals surface area contributed by atoms with Crippen molar-refractivity contribution in [3.63, 3.8) is 0 Å². The molecule has 0 aliphatic heterocycles. The van der Waals surface area contributed by atoms with Gasteiger partial charge in [0.2, 0.25) is 5.91 Å². The third kappa shape index (κ3) is 5.93. The molecule has 0 aliphatic carbocycles. The topological polar surface area (TPSA) is 67.4 Å². The molecule has 0 aromatic carbocycles. The molecule has 5 nitrogen and oxygen atoms in total. The first-order valence-corrected chi connectivity index (χ1v) is 5.16. The van der Waals surface area contributed by atoms with Gasteiger partial charge in [0.25, 0.3) is 0 Å². The lowest BCUT2D eigenvalue weighted by Crippen LogP contribution is -2.46. The molecule has 1 unspecified atom stereocenters. The van der Waals surface area contributed by atoms with Crippen LogP contribution in [0.25, 0.3) is 0 Å². The van der Waals surface area contributed by atoms with Crippen LogP contribution in [-0.4, -0.2) is 31.7 Å². The van der Waals surface area contributed by atoms with Crippen LogP contribution in [0, 0.1) is 5.92 Å². The molecule has 0 bridgehead atoms. The number of rotatable bonds is 5. The summed E-state index contributed by atoms with van der Waals surface area (Å²) in [5, 5.41) is 5.04. The molecule has 0 aromatic rings. The highest BCUT2D eigenvalue weighted by atomic mass is 16.5. The first-order valence-electron chi connectivity index (χ1n) is 5.16. The summed E-state index contributed by atoms with van der Waals surface area (Å²) in [7, 11) is 1.54. The summed E-state index contributed by atoms with van der Waals surface area (Å²) < 4.78 is 4.72. The van der Waals surface area contributed by atoms with Crippen molar-refractivity contribution in [1.82, 2.24) is 10.6 Å². The molecule has 0 fully saturated rings. The number of ether oxygens (including phenoxy) is 1. The maximum Gasteiger partial charge on any atom is 0.407 e. The molecule has 0 saturated heterocycles. The van der Waals surface area contributed by atoms with Gasteiger partial charge in [-0.15, -0.1) is 0 Å². The maximum atomic E-state index is 11.4. The molecule has 0 radical (unpaired) electrons. The second-order valence-electron chi connectivity index (χ2n) is 3.66. The predicted octanol–water partition coefficient (Wildman–Crippen LogP) is 0.893. The molecule has 1 atom stereocenters. The third-order valence-electron chi connectivity index (χ3n) is 1.84. The number of carbonyl (C=O) groups is 2. The van der Waals surface area contributed by atoms with Gasteiger partial charge in [-0.3, -0.25) is 4.79 Å². The van der Waals surface area contributed by atoms with Crippen LogP contribution in [0.3, 0.4) is 0 Å². The van der Waals surface area contributed by atoms with Crippen molar-refractivity contribution < 1.29 is 14.3 Å². The summed E-state index contributed by atoms with van der Waals surface area (Å²) in [6, 6.07) is -0.519. The molecule has 5 heteroatoms. The molecule has 15 heavy (non-hydrogen) atoms. The number of hydrogen-bond donors (Lipinski definition) is 2. The minimum absolute atomic E-state index is 0.197. The van der Waals surface area contributed by atoms with Crippen molar-refractivity contribution in [3.8, 4) is 0 Å². The van der Waals surface area contributed by atoms with Gasteiger partial charge in [0.05, 0.1) is 6.61 Å². The fraction of sp³-hybridized carbons (Fsp3) is 0.800. The SMILES string of the molecule is CCOC(=O)NC(CC(C)C)C(=O)NC. The molecule has 0 heterocycles. The summed E-state index contributed by atoms with van der Waals surface area (Å²) >= 11 is 0. The molecular weight excluding hydrogens is 196 g/mol. The molecule has 0 aliphatic rings. The Bertz CT molecular complexity index is 217.